The topological polar surface area (TPSA) is 55.0 Å². The number of aromatic nitrogens is 2. The Morgan fingerprint density at radius 2 is 2.11 bits per heavy atom. The maximum atomic E-state index is 11.3. The van der Waals surface area contributed by atoms with Crippen LogP contribution >= 0.6 is 11.6 Å². The highest BCUT2D eigenvalue weighted by Gasteiger charge is 2.13. The smallest absolute Gasteiger partial charge is 0.273 e. The van der Waals surface area contributed by atoms with E-state index >= 15 is 0 Å². The van der Waals surface area contributed by atoms with Gasteiger partial charge >= 0.3 is 0 Å². The second kappa shape index (κ2) is 4.46. The molecule has 3 rings (SSSR count). The molecule has 0 bridgehead atoms. The first-order chi connectivity index (χ1) is 8.74. The summed E-state index contributed by atoms with van der Waals surface area (Å²) >= 11 is 5.83. The number of nitrogens with zero attached hydrogens (tertiary/aromatic N) is 1. The van der Waals surface area contributed by atoms with Crippen molar-refractivity contribution in [3.63, 3.8) is 0 Å². The van der Waals surface area contributed by atoms with E-state index in [4.69, 9.17) is 16.3 Å². The number of halogens is 1. The van der Waals surface area contributed by atoms with E-state index in [-0.39, 0.29) is 10.9 Å². The molecule has 0 radical (unpaired) electrons. The molecule has 0 saturated heterocycles. The Bertz CT molecular complexity index is 652. The van der Waals surface area contributed by atoms with E-state index < -0.39 is 5.56 Å². The largest absolute Gasteiger partial charge is 0.437 e. The number of H-pyrrole nitrogens is 1. The van der Waals surface area contributed by atoms with Crippen LogP contribution in [0.4, 0.5) is 0 Å². The first-order valence-corrected chi connectivity index (χ1v) is 6.14. The molecule has 0 saturated carbocycles. The molecular weight excluding hydrogens is 252 g/mol. The average Bonchev–Trinajstić information content (AvgIpc) is 2.82. The predicted octanol–water partition coefficient (Wildman–Crippen LogP) is 2.70. The van der Waals surface area contributed by atoms with Gasteiger partial charge in [-0.3, -0.25) is 4.79 Å². The molecule has 1 aliphatic carbocycles. The third kappa shape index (κ3) is 1.99. The molecule has 0 fully saturated rings. The fourth-order valence-corrected chi connectivity index (χ4v) is 2.30. The molecule has 18 heavy (non-hydrogen) atoms. The maximum absolute atomic E-state index is 11.3. The van der Waals surface area contributed by atoms with Gasteiger partial charge in [0, 0.05) is 0 Å². The molecule has 2 aromatic rings. The van der Waals surface area contributed by atoms with Crippen LogP contribution < -0.4 is 10.3 Å². The fraction of sp³-hybridized carbons (Fsp3) is 0.231. The summed E-state index contributed by atoms with van der Waals surface area (Å²) in [5.41, 5.74) is 2.27. The molecule has 1 aromatic carbocycles. The number of hydrogen-bond acceptors (Lipinski definition) is 3. The molecule has 92 valence electrons. The van der Waals surface area contributed by atoms with Crippen LogP contribution in [-0.4, -0.2) is 9.97 Å². The normalized spacial score (nSPS) is 13.4. The highest BCUT2D eigenvalue weighted by atomic mass is 35.5. The van der Waals surface area contributed by atoms with Gasteiger partial charge in [-0.2, -0.15) is 0 Å². The van der Waals surface area contributed by atoms with E-state index in [0.29, 0.717) is 5.75 Å². The third-order valence-corrected chi connectivity index (χ3v) is 3.38. The van der Waals surface area contributed by atoms with Crippen LogP contribution in [0.2, 0.25) is 5.02 Å². The van der Waals surface area contributed by atoms with Gasteiger partial charge in [0.05, 0.1) is 6.33 Å². The van der Waals surface area contributed by atoms with E-state index in [1.165, 1.54) is 23.9 Å². The van der Waals surface area contributed by atoms with Crippen molar-refractivity contribution in [2.24, 2.45) is 0 Å². The zero-order valence-corrected chi connectivity index (χ0v) is 10.3. The van der Waals surface area contributed by atoms with Crippen LogP contribution in [0.25, 0.3) is 0 Å². The average molecular weight is 263 g/mol. The highest BCUT2D eigenvalue weighted by molar-refractivity contribution is 6.31. The van der Waals surface area contributed by atoms with Crippen molar-refractivity contribution >= 4 is 11.6 Å². The van der Waals surface area contributed by atoms with E-state index in [0.717, 1.165) is 12.8 Å². The SMILES string of the molecule is O=c1[nH]cnc(Oc2ccc3c(c2)CCC3)c1Cl. The van der Waals surface area contributed by atoms with Crippen molar-refractivity contribution in [2.75, 3.05) is 0 Å². The van der Waals surface area contributed by atoms with E-state index in [1.807, 2.05) is 12.1 Å². The zero-order valence-electron chi connectivity index (χ0n) is 9.57. The Hall–Kier alpha value is -1.81. The lowest BCUT2D eigenvalue weighted by molar-refractivity contribution is 0.460. The monoisotopic (exact) mass is 262 g/mol. The molecule has 0 aliphatic heterocycles. The number of aryl methyl sites for hydroxylation is 2. The van der Waals surface area contributed by atoms with Crippen molar-refractivity contribution in [1.82, 2.24) is 9.97 Å². The van der Waals surface area contributed by atoms with Gasteiger partial charge in [-0.25, -0.2) is 4.98 Å². The molecule has 5 heteroatoms. The molecule has 0 amide bonds. The Morgan fingerprint density at radius 3 is 3.00 bits per heavy atom. The van der Waals surface area contributed by atoms with Crippen molar-refractivity contribution in [3.8, 4) is 11.6 Å². The third-order valence-electron chi connectivity index (χ3n) is 3.05. The Labute approximate surface area is 109 Å². The van der Waals surface area contributed by atoms with Crippen molar-refractivity contribution in [2.45, 2.75) is 19.3 Å². The molecule has 4 nitrogen and oxygen atoms in total. The zero-order chi connectivity index (χ0) is 12.5. The van der Waals surface area contributed by atoms with Gasteiger partial charge in [-0.05, 0) is 42.5 Å². The van der Waals surface area contributed by atoms with Crippen molar-refractivity contribution in [3.05, 3.63) is 51.0 Å². The van der Waals surface area contributed by atoms with E-state index in [9.17, 15) is 4.79 Å². The molecule has 0 spiro atoms. The second-order valence-corrected chi connectivity index (χ2v) is 4.61. The summed E-state index contributed by atoms with van der Waals surface area (Å²) in [5.74, 6) is 0.800. The van der Waals surface area contributed by atoms with Crippen molar-refractivity contribution < 1.29 is 4.74 Å². The quantitative estimate of drug-likeness (QED) is 0.905. The highest BCUT2D eigenvalue weighted by Crippen LogP contribution is 2.29. The van der Waals surface area contributed by atoms with E-state index in [2.05, 4.69) is 16.0 Å². The van der Waals surface area contributed by atoms with Gasteiger partial charge < -0.3 is 9.72 Å². The number of rotatable bonds is 2. The van der Waals surface area contributed by atoms with Crippen LogP contribution in [0.3, 0.4) is 0 Å². The number of aromatic amines is 1. The summed E-state index contributed by atoms with van der Waals surface area (Å²) in [6, 6.07) is 5.92. The second-order valence-electron chi connectivity index (χ2n) is 4.24. The van der Waals surface area contributed by atoms with Crippen LogP contribution in [0, 0.1) is 0 Å². The molecule has 1 N–H and O–H groups in total. The van der Waals surface area contributed by atoms with Crippen LogP contribution in [0.15, 0.2) is 29.3 Å². The number of ether oxygens (including phenoxy) is 1. The Kier molecular flexibility index (Phi) is 2.80. The Balaban J connectivity index is 1.93. The van der Waals surface area contributed by atoms with Gasteiger partial charge in [0.25, 0.3) is 5.56 Å². The summed E-state index contributed by atoms with van der Waals surface area (Å²) in [7, 11) is 0. The predicted molar refractivity (Wildman–Crippen MR) is 68.4 cm³/mol. The molecule has 0 atom stereocenters. The number of fused-ring (bicyclic) bond motifs is 1. The minimum Gasteiger partial charge on any atom is -0.437 e. The van der Waals surface area contributed by atoms with Crippen LogP contribution in [-0.2, 0) is 12.8 Å². The summed E-state index contributed by atoms with van der Waals surface area (Å²) < 4.78 is 5.55. The summed E-state index contributed by atoms with van der Waals surface area (Å²) in [5, 5.41) is -0.0296. The minimum atomic E-state index is -0.400. The fourth-order valence-electron chi connectivity index (χ4n) is 2.16. The summed E-state index contributed by atoms with van der Waals surface area (Å²) in [6.45, 7) is 0. The number of benzene rings is 1. The molecule has 0 unspecified atom stereocenters. The lowest BCUT2D eigenvalue weighted by atomic mass is 10.1. The summed E-state index contributed by atoms with van der Waals surface area (Å²) in [4.78, 5) is 17.6. The van der Waals surface area contributed by atoms with E-state index in [1.54, 1.807) is 0 Å². The van der Waals surface area contributed by atoms with Crippen molar-refractivity contribution in [1.29, 1.82) is 0 Å². The number of nitrogens with one attached hydrogen (secondary N) is 1. The van der Waals surface area contributed by atoms with Crippen LogP contribution in [0.5, 0.6) is 11.6 Å². The first-order valence-electron chi connectivity index (χ1n) is 5.77. The van der Waals surface area contributed by atoms with Gasteiger partial charge in [0.1, 0.15) is 5.75 Å². The minimum absolute atomic E-state index is 0.0296. The molecule has 1 aromatic heterocycles. The van der Waals surface area contributed by atoms with Gasteiger partial charge in [-0.15, -0.1) is 0 Å². The Morgan fingerprint density at radius 1 is 1.28 bits per heavy atom. The lowest BCUT2D eigenvalue weighted by Gasteiger charge is -2.07. The molecule has 1 aliphatic rings. The molecule has 1 heterocycles. The van der Waals surface area contributed by atoms with Crippen LogP contribution in [0.1, 0.15) is 17.5 Å². The number of hydrogen-bond donors (Lipinski definition) is 1. The standard InChI is InChI=1S/C13H11ClN2O2/c14-11-12(17)15-7-16-13(11)18-10-5-4-8-2-1-3-9(8)6-10/h4-7H,1-3H2,(H,15,16,17). The molecular formula is C13H11ClN2O2. The van der Waals surface area contributed by atoms with Gasteiger partial charge in [0.2, 0.25) is 5.88 Å². The van der Waals surface area contributed by atoms with Gasteiger partial charge in [0.15, 0.2) is 5.02 Å². The first kappa shape index (κ1) is 11.3. The summed E-state index contributed by atoms with van der Waals surface area (Å²) in [6.07, 6.45) is 4.66. The maximum Gasteiger partial charge on any atom is 0.273 e. The van der Waals surface area contributed by atoms with Gasteiger partial charge in [-0.1, -0.05) is 17.7 Å². The lowest BCUT2D eigenvalue weighted by Crippen LogP contribution is -2.07.